The zero-order valence-electron chi connectivity index (χ0n) is 11.3. The number of carbonyl (C=O) groups excluding carboxylic acids is 1. The number of benzene rings is 1. The van der Waals surface area contributed by atoms with Crippen LogP contribution in [-0.2, 0) is 25.1 Å². The molecule has 3 heterocycles. The number of halogens is 2. The van der Waals surface area contributed by atoms with E-state index < -0.39 is 33.7 Å². The normalized spacial score (nSPS) is 40.3. The Labute approximate surface area is 143 Å². The summed E-state index contributed by atoms with van der Waals surface area (Å²) >= 11 is 9.44. The minimum absolute atomic E-state index is 0.141. The van der Waals surface area contributed by atoms with Crippen LogP contribution in [0.3, 0.4) is 0 Å². The van der Waals surface area contributed by atoms with E-state index in [1.165, 1.54) is 0 Å². The van der Waals surface area contributed by atoms with Crippen molar-refractivity contribution in [2.45, 2.75) is 28.0 Å². The molecule has 0 radical (unpaired) electrons. The van der Waals surface area contributed by atoms with Crippen molar-refractivity contribution in [3.05, 3.63) is 40.9 Å². The topological polar surface area (TPSA) is 52.6 Å². The Balaban J connectivity index is 1.78. The molecule has 7 heteroatoms. The predicted octanol–water partition coefficient (Wildman–Crippen LogP) is 2.37. The monoisotopic (exact) mass is 402 g/mol. The van der Waals surface area contributed by atoms with Gasteiger partial charge in [-0.05, 0) is 18.2 Å². The highest BCUT2D eigenvalue weighted by atomic mass is 79.9. The number of ether oxygens (including phenoxy) is 2. The van der Waals surface area contributed by atoms with Crippen molar-refractivity contribution in [2.24, 2.45) is 5.92 Å². The highest BCUT2D eigenvalue weighted by Gasteiger charge is 2.72. The van der Waals surface area contributed by atoms with Gasteiger partial charge in [0.05, 0.1) is 28.0 Å². The van der Waals surface area contributed by atoms with Crippen molar-refractivity contribution < 1.29 is 18.5 Å². The molecule has 2 unspecified atom stereocenters. The van der Waals surface area contributed by atoms with Crippen LogP contribution in [0, 0.1) is 5.92 Å². The number of hydrogen-bond acceptors (Lipinski definition) is 4. The standard InChI is InChI=1S/C15H12BrClO4S/c16-10-6-9-13(22(19)8-4-2-1-3-5-8)12-14(18)20-11(7-17)15(10,12)21-9/h1-6,9,11-13H,7H2/t9-,11+,12?,13-,15-,22?/m0/s1. The third-order valence-corrected chi connectivity index (χ3v) is 7.42. The Morgan fingerprint density at radius 2 is 2.05 bits per heavy atom. The zero-order chi connectivity index (χ0) is 15.5. The molecule has 4 rings (SSSR count). The summed E-state index contributed by atoms with van der Waals surface area (Å²) in [5.41, 5.74) is -0.918. The first kappa shape index (κ1) is 14.9. The summed E-state index contributed by atoms with van der Waals surface area (Å²) in [7, 11) is -1.36. The molecule has 0 amide bonds. The maximum Gasteiger partial charge on any atom is 0.314 e. The molecule has 3 aliphatic heterocycles. The van der Waals surface area contributed by atoms with Gasteiger partial charge in [0.1, 0.15) is 12.0 Å². The van der Waals surface area contributed by atoms with Crippen molar-refractivity contribution in [3.8, 4) is 0 Å². The van der Waals surface area contributed by atoms with E-state index in [1.54, 1.807) is 12.1 Å². The van der Waals surface area contributed by atoms with Gasteiger partial charge in [-0.3, -0.25) is 9.00 Å². The van der Waals surface area contributed by atoms with Gasteiger partial charge in [0, 0.05) is 9.38 Å². The average Bonchev–Trinajstić information content (AvgIpc) is 3.13. The first-order valence-corrected chi connectivity index (χ1v) is 9.41. The number of hydrogen-bond donors (Lipinski definition) is 0. The first-order valence-electron chi connectivity index (χ1n) is 6.87. The third-order valence-electron chi connectivity index (χ3n) is 4.48. The fourth-order valence-electron chi connectivity index (χ4n) is 3.55. The van der Waals surface area contributed by atoms with Crippen LogP contribution in [0.25, 0.3) is 0 Å². The maximum atomic E-state index is 13.0. The fraction of sp³-hybridized carbons (Fsp3) is 0.400. The van der Waals surface area contributed by atoms with Crippen molar-refractivity contribution >= 4 is 44.3 Å². The SMILES string of the molecule is O=C1O[C@H](CCl)[C@@]23O[C@@H](C=C2Br)[C@H](S(=O)c2ccccc2)C13. The van der Waals surface area contributed by atoms with E-state index in [-0.39, 0.29) is 18.0 Å². The highest BCUT2D eigenvalue weighted by molar-refractivity contribution is 9.11. The fourth-order valence-corrected chi connectivity index (χ4v) is 6.38. The molecule has 6 atom stereocenters. The Kier molecular flexibility index (Phi) is 3.49. The Morgan fingerprint density at radius 3 is 2.73 bits per heavy atom. The van der Waals surface area contributed by atoms with Gasteiger partial charge < -0.3 is 9.47 Å². The van der Waals surface area contributed by atoms with Gasteiger partial charge in [0.2, 0.25) is 0 Å². The molecule has 2 saturated heterocycles. The van der Waals surface area contributed by atoms with Gasteiger partial charge in [0.25, 0.3) is 0 Å². The molecule has 1 aromatic rings. The number of cyclic esters (lactones) is 1. The maximum absolute atomic E-state index is 13.0. The van der Waals surface area contributed by atoms with E-state index in [0.29, 0.717) is 4.90 Å². The minimum Gasteiger partial charge on any atom is -0.457 e. The van der Waals surface area contributed by atoms with E-state index in [9.17, 15) is 9.00 Å². The number of esters is 1. The third kappa shape index (κ3) is 1.78. The minimum atomic E-state index is -1.36. The number of alkyl halides is 1. The van der Waals surface area contributed by atoms with Gasteiger partial charge in [-0.15, -0.1) is 11.6 Å². The summed E-state index contributed by atoms with van der Waals surface area (Å²) in [5, 5.41) is -0.454. The Hall–Kier alpha value is -0.690. The van der Waals surface area contributed by atoms with Crippen molar-refractivity contribution in [2.75, 3.05) is 5.88 Å². The number of fused-ring (bicyclic) bond motifs is 1. The largest absolute Gasteiger partial charge is 0.457 e. The molecule has 1 spiro atoms. The van der Waals surface area contributed by atoms with Crippen LogP contribution in [-0.4, -0.2) is 39.1 Å². The molecular weight excluding hydrogens is 392 g/mol. The predicted molar refractivity (Wildman–Crippen MR) is 85.3 cm³/mol. The second-order valence-electron chi connectivity index (χ2n) is 5.52. The van der Waals surface area contributed by atoms with Crippen LogP contribution >= 0.6 is 27.5 Å². The molecule has 2 fully saturated rings. The molecule has 22 heavy (non-hydrogen) atoms. The molecule has 3 aliphatic rings. The molecule has 0 saturated carbocycles. The van der Waals surface area contributed by atoms with Gasteiger partial charge in [0.15, 0.2) is 5.60 Å². The number of carbonyl (C=O) groups is 1. The van der Waals surface area contributed by atoms with E-state index >= 15 is 0 Å². The summed E-state index contributed by atoms with van der Waals surface area (Å²) in [6.45, 7) is 0. The van der Waals surface area contributed by atoms with Gasteiger partial charge in [-0.2, -0.15) is 0 Å². The smallest absolute Gasteiger partial charge is 0.314 e. The first-order chi connectivity index (χ1) is 10.6. The van der Waals surface area contributed by atoms with Gasteiger partial charge in [-0.1, -0.05) is 34.1 Å². The molecular formula is C15H12BrClO4S. The lowest BCUT2D eigenvalue weighted by Gasteiger charge is -2.29. The number of rotatable bonds is 3. The van der Waals surface area contributed by atoms with Crippen LogP contribution in [0.2, 0.25) is 0 Å². The van der Waals surface area contributed by atoms with Crippen LogP contribution in [0.4, 0.5) is 0 Å². The summed E-state index contributed by atoms with van der Waals surface area (Å²) < 4.78 is 25.2. The van der Waals surface area contributed by atoms with Crippen molar-refractivity contribution in [1.29, 1.82) is 0 Å². The van der Waals surface area contributed by atoms with Crippen LogP contribution in [0.5, 0.6) is 0 Å². The molecule has 0 N–H and O–H groups in total. The molecule has 2 bridgehead atoms. The summed E-state index contributed by atoms with van der Waals surface area (Å²) in [6.07, 6.45) is 0.947. The lowest BCUT2D eigenvalue weighted by atomic mass is 9.81. The van der Waals surface area contributed by atoms with Crippen LogP contribution in [0.1, 0.15) is 0 Å². The molecule has 4 nitrogen and oxygen atoms in total. The lowest BCUT2D eigenvalue weighted by Crippen LogP contribution is -2.46. The molecule has 116 valence electrons. The second-order valence-corrected chi connectivity index (χ2v) is 8.30. The summed E-state index contributed by atoms with van der Waals surface area (Å²) in [5.74, 6) is -0.836. The molecule has 0 aliphatic carbocycles. The Morgan fingerprint density at radius 1 is 1.32 bits per heavy atom. The summed E-state index contributed by atoms with van der Waals surface area (Å²) in [6, 6.07) is 9.12. The van der Waals surface area contributed by atoms with Crippen LogP contribution in [0.15, 0.2) is 45.8 Å². The molecule has 0 aromatic heterocycles. The van der Waals surface area contributed by atoms with Crippen LogP contribution < -0.4 is 0 Å². The van der Waals surface area contributed by atoms with Gasteiger partial charge >= 0.3 is 5.97 Å². The second kappa shape index (κ2) is 5.16. The molecule has 1 aromatic carbocycles. The highest BCUT2D eigenvalue weighted by Crippen LogP contribution is 2.58. The van der Waals surface area contributed by atoms with E-state index in [4.69, 9.17) is 21.1 Å². The lowest BCUT2D eigenvalue weighted by molar-refractivity contribution is -0.144. The quantitative estimate of drug-likeness (QED) is 0.574. The van der Waals surface area contributed by atoms with Gasteiger partial charge in [-0.25, -0.2) is 0 Å². The Bertz CT molecular complexity index is 694. The zero-order valence-corrected chi connectivity index (χ0v) is 14.4. The van der Waals surface area contributed by atoms with E-state index in [0.717, 1.165) is 4.48 Å². The van der Waals surface area contributed by atoms with Crippen molar-refractivity contribution in [1.82, 2.24) is 0 Å². The van der Waals surface area contributed by atoms with E-state index in [1.807, 2.05) is 24.3 Å². The summed E-state index contributed by atoms with van der Waals surface area (Å²) in [4.78, 5) is 13.0. The van der Waals surface area contributed by atoms with E-state index in [2.05, 4.69) is 15.9 Å². The average molecular weight is 404 g/mol. The van der Waals surface area contributed by atoms with Crippen molar-refractivity contribution in [3.63, 3.8) is 0 Å².